The minimum absolute atomic E-state index is 0.0210. The van der Waals surface area contributed by atoms with Gasteiger partial charge in [0.2, 0.25) is 10.0 Å². The number of ether oxygens (including phenoxy) is 1. The lowest BCUT2D eigenvalue weighted by atomic mass is 10.2. The summed E-state index contributed by atoms with van der Waals surface area (Å²) in [6, 6.07) is 4.35. The van der Waals surface area contributed by atoms with Crippen LogP contribution in [0.1, 0.15) is 13.8 Å². The lowest BCUT2D eigenvalue weighted by Gasteiger charge is -2.23. The topological polar surface area (TPSA) is 112 Å². The van der Waals surface area contributed by atoms with Crippen LogP contribution in [0, 0.1) is 5.92 Å². The summed E-state index contributed by atoms with van der Waals surface area (Å²) >= 11 is 0. The van der Waals surface area contributed by atoms with Gasteiger partial charge in [0.05, 0.1) is 29.0 Å². The van der Waals surface area contributed by atoms with Crippen LogP contribution in [0.4, 0.5) is 0 Å². The normalized spacial score (nSPS) is 13.4. The fourth-order valence-electron chi connectivity index (χ4n) is 2.30. The van der Waals surface area contributed by atoms with Crippen LogP contribution in [0.2, 0.25) is 0 Å². The summed E-state index contributed by atoms with van der Waals surface area (Å²) in [6.45, 7) is 3.54. The van der Waals surface area contributed by atoms with Gasteiger partial charge >= 0.3 is 11.7 Å². The van der Waals surface area contributed by atoms with Crippen LogP contribution in [-0.2, 0) is 19.6 Å². The first-order valence-electron chi connectivity index (χ1n) is 7.09. The number of methoxy groups -OCH3 is 1. The van der Waals surface area contributed by atoms with E-state index in [-0.39, 0.29) is 18.0 Å². The van der Waals surface area contributed by atoms with Gasteiger partial charge in [-0.2, -0.15) is 4.31 Å². The van der Waals surface area contributed by atoms with Crippen molar-refractivity contribution < 1.29 is 17.9 Å². The van der Waals surface area contributed by atoms with Crippen LogP contribution in [-0.4, -0.2) is 48.9 Å². The highest BCUT2D eigenvalue weighted by Crippen LogP contribution is 2.20. The third kappa shape index (κ3) is 3.45. The number of nitrogens with one attached hydrogen (secondary N) is 2. The van der Waals surface area contributed by atoms with Gasteiger partial charge in [-0.15, -0.1) is 0 Å². The number of benzene rings is 1. The number of rotatable bonds is 6. The SMILES string of the molecule is CCN(CC(C)C(=O)OC)S(=O)(=O)c1ccc2[nH]c(=O)[nH]c2c1. The van der Waals surface area contributed by atoms with Gasteiger partial charge in [0.1, 0.15) is 0 Å². The monoisotopic (exact) mass is 341 g/mol. The molecule has 0 spiro atoms. The van der Waals surface area contributed by atoms with Gasteiger partial charge in [-0.25, -0.2) is 13.2 Å². The number of H-pyrrole nitrogens is 2. The first-order chi connectivity index (χ1) is 10.8. The Kier molecular flexibility index (Phi) is 4.90. The number of carbonyl (C=O) groups excluding carboxylic acids is 1. The Bertz CT molecular complexity index is 868. The molecule has 2 aromatic rings. The van der Waals surface area contributed by atoms with E-state index in [1.165, 1.54) is 29.6 Å². The van der Waals surface area contributed by atoms with Gasteiger partial charge < -0.3 is 14.7 Å². The second kappa shape index (κ2) is 6.55. The molecule has 8 nitrogen and oxygen atoms in total. The number of aromatic nitrogens is 2. The van der Waals surface area contributed by atoms with E-state index in [2.05, 4.69) is 14.7 Å². The van der Waals surface area contributed by atoms with Crippen molar-refractivity contribution >= 4 is 27.0 Å². The zero-order valence-corrected chi connectivity index (χ0v) is 13.9. The summed E-state index contributed by atoms with van der Waals surface area (Å²) in [6.07, 6.45) is 0. The predicted octanol–water partition coefficient (Wildman–Crippen LogP) is 0.676. The first kappa shape index (κ1) is 17.2. The maximum atomic E-state index is 12.7. The molecule has 0 amide bonds. The summed E-state index contributed by atoms with van der Waals surface area (Å²) in [7, 11) is -2.52. The van der Waals surface area contributed by atoms with E-state index in [4.69, 9.17) is 0 Å². The van der Waals surface area contributed by atoms with Crippen molar-refractivity contribution in [1.29, 1.82) is 0 Å². The highest BCUT2D eigenvalue weighted by Gasteiger charge is 2.27. The number of hydrogen-bond acceptors (Lipinski definition) is 5. The Balaban J connectivity index is 2.36. The van der Waals surface area contributed by atoms with Crippen molar-refractivity contribution in [3.05, 3.63) is 28.7 Å². The number of hydrogen-bond donors (Lipinski definition) is 2. The molecule has 23 heavy (non-hydrogen) atoms. The summed E-state index contributed by atoms with van der Waals surface area (Å²) in [5.74, 6) is -1.05. The minimum atomic E-state index is -3.78. The zero-order valence-electron chi connectivity index (χ0n) is 13.1. The van der Waals surface area contributed by atoms with Crippen LogP contribution in [0.15, 0.2) is 27.9 Å². The van der Waals surface area contributed by atoms with E-state index < -0.39 is 27.6 Å². The van der Waals surface area contributed by atoms with Crippen LogP contribution >= 0.6 is 0 Å². The molecule has 0 fully saturated rings. The number of fused-ring (bicyclic) bond motifs is 1. The molecular weight excluding hydrogens is 322 g/mol. The number of nitrogens with zero attached hydrogens (tertiary/aromatic N) is 1. The Morgan fingerprint density at radius 3 is 2.57 bits per heavy atom. The molecule has 9 heteroatoms. The highest BCUT2D eigenvalue weighted by molar-refractivity contribution is 7.89. The van der Waals surface area contributed by atoms with Gasteiger partial charge in [-0.05, 0) is 18.2 Å². The number of aromatic amines is 2. The van der Waals surface area contributed by atoms with E-state index in [9.17, 15) is 18.0 Å². The van der Waals surface area contributed by atoms with Crippen molar-refractivity contribution in [1.82, 2.24) is 14.3 Å². The molecule has 0 aliphatic carbocycles. The predicted molar refractivity (Wildman–Crippen MR) is 84.5 cm³/mol. The molecule has 1 unspecified atom stereocenters. The Morgan fingerprint density at radius 2 is 1.96 bits per heavy atom. The smallest absolute Gasteiger partial charge is 0.323 e. The van der Waals surface area contributed by atoms with Crippen molar-refractivity contribution in [2.75, 3.05) is 20.2 Å². The van der Waals surface area contributed by atoms with E-state index in [1.807, 2.05) is 0 Å². The largest absolute Gasteiger partial charge is 0.469 e. The fraction of sp³-hybridized carbons (Fsp3) is 0.429. The molecule has 1 atom stereocenters. The minimum Gasteiger partial charge on any atom is -0.469 e. The molecule has 2 rings (SSSR count). The molecule has 0 bridgehead atoms. The molecule has 0 aliphatic heterocycles. The van der Waals surface area contributed by atoms with Gasteiger partial charge in [-0.3, -0.25) is 4.79 Å². The Morgan fingerprint density at radius 1 is 1.30 bits per heavy atom. The molecule has 0 radical (unpaired) electrons. The summed E-state index contributed by atoms with van der Waals surface area (Å²) in [4.78, 5) is 27.9. The molecule has 2 N–H and O–H groups in total. The number of esters is 1. The Labute approximate surface area is 133 Å². The van der Waals surface area contributed by atoms with E-state index >= 15 is 0 Å². The number of carbonyl (C=O) groups is 1. The lowest BCUT2D eigenvalue weighted by Crippen LogP contribution is -2.37. The third-order valence-corrected chi connectivity index (χ3v) is 5.50. The summed E-state index contributed by atoms with van der Waals surface area (Å²) in [5.41, 5.74) is 0.536. The van der Waals surface area contributed by atoms with Gasteiger partial charge in [-0.1, -0.05) is 13.8 Å². The van der Waals surface area contributed by atoms with Crippen LogP contribution in [0.3, 0.4) is 0 Å². The average Bonchev–Trinajstić information content (AvgIpc) is 2.90. The maximum absolute atomic E-state index is 12.7. The quantitative estimate of drug-likeness (QED) is 0.750. The summed E-state index contributed by atoms with van der Waals surface area (Å²) in [5, 5.41) is 0. The standard InChI is InChI=1S/C14H19N3O5S/c1-4-17(8-9(2)13(18)22-3)23(20,21)10-5-6-11-12(7-10)16-14(19)15-11/h5-7,9H,4,8H2,1-3H3,(H2,15,16,19). The van der Waals surface area contributed by atoms with Crippen molar-refractivity contribution in [2.24, 2.45) is 5.92 Å². The van der Waals surface area contributed by atoms with E-state index in [0.29, 0.717) is 11.0 Å². The van der Waals surface area contributed by atoms with Gasteiger partial charge in [0, 0.05) is 13.1 Å². The number of imidazole rings is 1. The van der Waals surface area contributed by atoms with Crippen LogP contribution in [0.25, 0.3) is 11.0 Å². The van der Waals surface area contributed by atoms with E-state index in [1.54, 1.807) is 13.8 Å². The van der Waals surface area contributed by atoms with Crippen LogP contribution in [0.5, 0.6) is 0 Å². The highest BCUT2D eigenvalue weighted by atomic mass is 32.2. The molecule has 1 aromatic carbocycles. The van der Waals surface area contributed by atoms with Crippen molar-refractivity contribution in [3.63, 3.8) is 0 Å². The fourth-order valence-corrected chi connectivity index (χ4v) is 3.86. The molecule has 0 aliphatic rings. The van der Waals surface area contributed by atoms with Gasteiger partial charge in [0.25, 0.3) is 0 Å². The Hall–Kier alpha value is -2.13. The van der Waals surface area contributed by atoms with Crippen molar-refractivity contribution in [3.8, 4) is 0 Å². The molecule has 126 valence electrons. The summed E-state index contributed by atoms with van der Waals surface area (Å²) < 4.78 is 31.3. The zero-order chi connectivity index (χ0) is 17.2. The van der Waals surface area contributed by atoms with Gasteiger partial charge in [0.15, 0.2) is 0 Å². The average molecular weight is 341 g/mol. The third-order valence-electron chi connectivity index (χ3n) is 3.56. The second-order valence-electron chi connectivity index (χ2n) is 5.17. The maximum Gasteiger partial charge on any atom is 0.323 e. The first-order valence-corrected chi connectivity index (χ1v) is 8.53. The van der Waals surface area contributed by atoms with Crippen molar-refractivity contribution in [2.45, 2.75) is 18.7 Å². The molecule has 1 aromatic heterocycles. The number of sulfonamides is 1. The molecule has 0 saturated carbocycles. The van der Waals surface area contributed by atoms with Crippen LogP contribution < -0.4 is 5.69 Å². The van der Waals surface area contributed by atoms with E-state index in [0.717, 1.165) is 0 Å². The molecular formula is C14H19N3O5S. The lowest BCUT2D eigenvalue weighted by molar-refractivity contribution is -0.145. The second-order valence-corrected chi connectivity index (χ2v) is 7.10. The molecule has 1 heterocycles. The molecule has 0 saturated heterocycles.